The fourth-order valence-corrected chi connectivity index (χ4v) is 4.30. The molecule has 1 aromatic heterocycles. The maximum absolute atomic E-state index is 13.6. The predicted octanol–water partition coefficient (Wildman–Crippen LogP) is 4.95. The van der Waals surface area contributed by atoms with Gasteiger partial charge in [0.05, 0.1) is 24.4 Å². The standard InChI is InChI=1S/C23H29N3O3S.ClH/c1-15-8-9-20-21(16(15)2)24-23(30-20)26(11-7-10-25(3)4)22(27)17-12-18(28-5)14-19(13-17)29-6;/h8-9,12-14H,7,10-11H2,1-6H3;1H. The Labute approximate surface area is 194 Å². The summed E-state index contributed by atoms with van der Waals surface area (Å²) < 4.78 is 11.8. The third-order valence-corrected chi connectivity index (χ3v) is 6.18. The zero-order valence-corrected chi connectivity index (χ0v) is 20.5. The number of aromatic nitrogens is 1. The largest absolute Gasteiger partial charge is 0.497 e. The van der Waals surface area contributed by atoms with Gasteiger partial charge in [0.1, 0.15) is 11.5 Å². The van der Waals surface area contributed by atoms with E-state index in [2.05, 4.69) is 30.9 Å². The number of fused-ring (bicyclic) bond motifs is 1. The topological polar surface area (TPSA) is 54.9 Å². The first-order chi connectivity index (χ1) is 14.3. The second kappa shape index (κ2) is 10.8. The van der Waals surface area contributed by atoms with E-state index in [4.69, 9.17) is 14.5 Å². The van der Waals surface area contributed by atoms with Gasteiger partial charge in [0.2, 0.25) is 0 Å². The zero-order valence-electron chi connectivity index (χ0n) is 18.9. The van der Waals surface area contributed by atoms with Gasteiger partial charge in [-0.05, 0) is 70.2 Å². The van der Waals surface area contributed by atoms with Gasteiger partial charge in [0.25, 0.3) is 5.91 Å². The number of carbonyl (C=O) groups is 1. The quantitative estimate of drug-likeness (QED) is 0.473. The van der Waals surface area contributed by atoms with Crippen molar-refractivity contribution in [3.63, 3.8) is 0 Å². The van der Waals surface area contributed by atoms with Crippen LogP contribution in [0.4, 0.5) is 5.13 Å². The molecule has 3 rings (SSSR count). The van der Waals surface area contributed by atoms with Crippen LogP contribution in [0, 0.1) is 13.8 Å². The van der Waals surface area contributed by atoms with Gasteiger partial charge in [0, 0.05) is 18.2 Å². The molecule has 6 nitrogen and oxygen atoms in total. The molecule has 0 atom stereocenters. The summed E-state index contributed by atoms with van der Waals surface area (Å²) >= 11 is 1.55. The molecule has 0 N–H and O–H groups in total. The van der Waals surface area contributed by atoms with Crippen molar-refractivity contribution in [3.8, 4) is 11.5 Å². The summed E-state index contributed by atoms with van der Waals surface area (Å²) in [6, 6.07) is 9.43. The number of thiazole rings is 1. The van der Waals surface area contributed by atoms with Gasteiger partial charge in [-0.15, -0.1) is 12.4 Å². The molecule has 0 aliphatic heterocycles. The molecule has 1 amide bonds. The number of hydrogen-bond acceptors (Lipinski definition) is 6. The van der Waals surface area contributed by atoms with Crippen LogP contribution >= 0.6 is 23.7 Å². The van der Waals surface area contributed by atoms with E-state index in [0.717, 1.165) is 28.7 Å². The fourth-order valence-electron chi connectivity index (χ4n) is 3.25. The van der Waals surface area contributed by atoms with Crippen molar-refractivity contribution in [3.05, 3.63) is 47.0 Å². The Morgan fingerprint density at radius 1 is 1.03 bits per heavy atom. The van der Waals surface area contributed by atoms with E-state index >= 15 is 0 Å². The van der Waals surface area contributed by atoms with Gasteiger partial charge >= 0.3 is 0 Å². The zero-order chi connectivity index (χ0) is 21.8. The van der Waals surface area contributed by atoms with Crippen LogP contribution in [0.5, 0.6) is 11.5 Å². The number of hydrogen-bond donors (Lipinski definition) is 0. The third kappa shape index (κ3) is 5.67. The molecular weight excluding hydrogens is 434 g/mol. The number of ether oxygens (including phenoxy) is 2. The van der Waals surface area contributed by atoms with Crippen LogP contribution in [0.2, 0.25) is 0 Å². The molecule has 0 aliphatic rings. The monoisotopic (exact) mass is 463 g/mol. The third-order valence-electron chi connectivity index (χ3n) is 5.14. The van der Waals surface area contributed by atoms with Crippen molar-refractivity contribution in [2.24, 2.45) is 0 Å². The van der Waals surface area contributed by atoms with Crippen LogP contribution < -0.4 is 14.4 Å². The molecule has 0 spiro atoms. The Morgan fingerprint density at radius 2 is 1.68 bits per heavy atom. The Kier molecular flexibility index (Phi) is 8.68. The maximum Gasteiger partial charge on any atom is 0.260 e. The molecule has 0 fully saturated rings. The fraction of sp³-hybridized carbons (Fsp3) is 0.391. The number of benzene rings is 2. The number of rotatable bonds is 8. The lowest BCUT2D eigenvalue weighted by molar-refractivity contribution is 0.0985. The first-order valence-corrected chi connectivity index (χ1v) is 10.7. The Balaban J connectivity index is 0.00000341. The van der Waals surface area contributed by atoms with Crippen molar-refractivity contribution in [2.75, 3.05) is 46.3 Å². The molecular formula is C23H30ClN3O3S. The Hall–Kier alpha value is -2.35. The Morgan fingerprint density at radius 3 is 2.26 bits per heavy atom. The van der Waals surface area contributed by atoms with Gasteiger partial charge < -0.3 is 14.4 Å². The molecule has 0 radical (unpaired) electrons. The number of anilines is 1. The van der Waals surface area contributed by atoms with Crippen LogP contribution in [0.15, 0.2) is 30.3 Å². The average molecular weight is 464 g/mol. The number of halogens is 1. The van der Waals surface area contributed by atoms with E-state index < -0.39 is 0 Å². The molecule has 0 bridgehead atoms. The minimum absolute atomic E-state index is 0. The lowest BCUT2D eigenvalue weighted by Gasteiger charge is -2.21. The van der Waals surface area contributed by atoms with E-state index in [9.17, 15) is 4.79 Å². The highest BCUT2D eigenvalue weighted by atomic mass is 35.5. The summed E-state index contributed by atoms with van der Waals surface area (Å²) in [5.41, 5.74) is 3.83. The predicted molar refractivity (Wildman–Crippen MR) is 131 cm³/mol. The molecule has 0 aliphatic carbocycles. The summed E-state index contributed by atoms with van der Waals surface area (Å²) in [6.45, 7) is 5.62. The lowest BCUT2D eigenvalue weighted by Crippen LogP contribution is -2.33. The van der Waals surface area contributed by atoms with Crippen molar-refractivity contribution in [1.29, 1.82) is 0 Å². The van der Waals surface area contributed by atoms with Gasteiger partial charge in [0.15, 0.2) is 5.13 Å². The molecule has 0 saturated carbocycles. The van der Waals surface area contributed by atoms with E-state index in [1.807, 2.05) is 14.1 Å². The minimum atomic E-state index is -0.112. The minimum Gasteiger partial charge on any atom is -0.497 e. The lowest BCUT2D eigenvalue weighted by atomic mass is 10.1. The first-order valence-electron chi connectivity index (χ1n) is 9.90. The highest BCUT2D eigenvalue weighted by Crippen LogP contribution is 2.33. The first kappa shape index (κ1) is 24.9. The molecule has 31 heavy (non-hydrogen) atoms. The highest BCUT2D eigenvalue weighted by Gasteiger charge is 2.23. The van der Waals surface area contributed by atoms with Gasteiger partial charge in [-0.3, -0.25) is 9.69 Å². The van der Waals surface area contributed by atoms with Crippen LogP contribution in [-0.4, -0.2) is 57.2 Å². The second-order valence-electron chi connectivity index (χ2n) is 7.57. The highest BCUT2D eigenvalue weighted by molar-refractivity contribution is 7.22. The van der Waals surface area contributed by atoms with Crippen molar-refractivity contribution >= 4 is 45.0 Å². The maximum atomic E-state index is 13.6. The van der Waals surface area contributed by atoms with Gasteiger partial charge in [-0.1, -0.05) is 17.4 Å². The van der Waals surface area contributed by atoms with Crippen LogP contribution in [0.25, 0.3) is 10.2 Å². The summed E-state index contributed by atoms with van der Waals surface area (Å²) in [7, 11) is 7.22. The number of nitrogens with zero attached hydrogens (tertiary/aromatic N) is 3. The summed E-state index contributed by atoms with van der Waals surface area (Å²) in [4.78, 5) is 22.3. The second-order valence-corrected chi connectivity index (χ2v) is 8.57. The van der Waals surface area contributed by atoms with Crippen LogP contribution in [0.3, 0.4) is 0 Å². The number of carbonyl (C=O) groups excluding carboxylic acids is 1. The van der Waals surface area contributed by atoms with Gasteiger partial charge in [-0.2, -0.15) is 0 Å². The van der Waals surface area contributed by atoms with E-state index in [1.165, 1.54) is 5.56 Å². The number of aryl methyl sites for hydroxylation is 2. The van der Waals surface area contributed by atoms with Crippen molar-refractivity contribution in [2.45, 2.75) is 20.3 Å². The van der Waals surface area contributed by atoms with Crippen molar-refractivity contribution < 1.29 is 14.3 Å². The summed E-state index contributed by atoms with van der Waals surface area (Å²) in [6.07, 6.45) is 0.841. The SMILES string of the molecule is COc1cc(OC)cc(C(=O)N(CCCN(C)C)c2nc3c(C)c(C)ccc3s2)c1.Cl. The normalized spacial score (nSPS) is 10.8. The Bertz CT molecular complexity index is 1030. The molecule has 2 aromatic carbocycles. The van der Waals surface area contributed by atoms with Crippen LogP contribution in [-0.2, 0) is 0 Å². The summed E-state index contributed by atoms with van der Waals surface area (Å²) in [5.74, 6) is 1.06. The molecule has 1 heterocycles. The van der Waals surface area contributed by atoms with E-state index in [1.54, 1.807) is 48.7 Å². The smallest absolute Gasteiger partial charge is 0.260 e. The van der Waals surface area contributed by atoms with Crippen molar-refractivity contribution in [1.82, 2.24) is 9.88 Å². The molecule has 168 valence electrons. The van der Waals surface area contributed by atoms with Crippen LogP contribution in [0.1, 0.15) is 27.9 Å². The number of methoxy groups -OCH3 is 2. The average Bonchev–Trinajstić information content (AvgIpc) is 3.17. The molecule has 0 unspecified atom stereocenters. The molecule has 0 saturated heterocycles. The van der Waals surface area contributed by atoms with Gasteiger partial charge in [-0.25, -0.2) is 4.98 Å². The van der Waals surface area contributed by atoms with E-state index in [0.29, 0.717) is 28.7 Å². The summed E-state index contributed by atoms with van der Waals surface area (Å²) in [5, 5.41) is 0.712. The molecule has 8 heteroatoms. The molecule has 3 aromatic rings. The van der Waals surface area contributed by atoms with E-state index in [-0.39, 0.29) is 18.3 Å². The number of amides is 1.